The van der Waals surface area contributed by atoms with Crippen molar-refractivity contribution in [3.05, 3.63) is 29.8 Å². The second-order valence-electron chi connectivity index (χ2n) is 6.00. The van der Waals surface area contributed by atoms with E-state index in [1.54, 1.807) is 0 Å². The maximum atomic E-state index is 11.7. The van der Waals surface area contributed by atoms with E-state index in [0.717, 1.165) is 24.2 Å². The van der Waals surface area contributed by atoms with Crippen LogP contribution in [-0.4, -0.2) is 30.4 Å². The van der Waals surface area contributed by atoms with E-state index in [4.69, 9.17) is 4.74 Å². The van der Waals surface area contributed by atoms with Crippen molar-refractivity contribution < 1.29 is 14.6 Å². The molecule has 0 bridgehead atoms. The number of hydrogen-bond donors (Lipinski definition) is 3. The van der Waals surface area contributed by atoms with Crippen molar-refractivity contribution in [1.29, 1.82) is 0 Å². The van der Waals surface area contributed by atoms with E-state index in [2.05, 4.69) is 10.6 Å². The molecule has 1 saturated carbocycles. The van der Waals surface area contributed by atoms with Gasteiger partial charge in [0.25, 0.3) is 0 Å². The normalized spacial score (nSPS) is 15.6. The number of carbonyl (C=O) groups is 1. The van der Waals surface area contributed by atoms with Crippen LogP contribution in [0.2, 0.25) is 0 Å². The Bertz CT molecular complexity index is 467. The molecular weight excluding hydrogens is 268 g/mol. The summed E-state index contributed by atoms with van der Waals surface area (Å²) in [6.45, 7) is 5.12. The molecule has 1 aromatic carbocycles. The van der Waals surface area contributed by atoms with Crippen LogP contribution in [0.4, 0.5) is 4.79 Å². The molecule has 21 heavy (non-hydrogen) atoms. The summed E-state index contributed by atoms with van der Waals surface area (Å²) in [5, 5.41) is 14.8. The third-order valence-corrected chi connectivity index (χ3v) is 3.66. The molecule has 1 aromatic rings. The highest BCUT2D eigenvalue weighted by Gasteiger charge is 2.42. The summed E-state index contributed by atoms with van der Waals surface area (Å²) < 4.78 is 5.57. The number of aliphatic hydroxyl groups is 1. The number of aliphatic hydroxyl groups excluding tert-OH is 1. The molecule has 1 aliphatic rings. The van der Waals surface area contributed by atoms with Crippen LogP contribution < -0.4 is 15.4 Å². The molecule has 0 aromatic heterocycles. The van der Waals surface area contributed by atoms with Crippen LogP contribution >= 0.6 is 0 Å². The predicted octanol–water partition coefficient (Wildman–Crippen LogP) is 2.05. The first-order valence-electron chi connectivity index (χ1n) is 7.41. The molecule has 116 valence electrons. The van der Waals surface area contributed by atoms with Crippen molar-refractivity contribution >= 4 is 6.03 Å². The molecular formula is C16H24N2O3. The van der Waals surface area contributed by atoms with Crippen molar-refractivity contribution in [2.24, 2.45) is 5.41 Å². The summed E-state index contributed by atoms with van der Waals surface area (Å²) in [7, 11) is 0. The molecule has 0 unspecified atom stereocenters. The quantitative estimate of drug-likeness (QED) is 0.720. The van der Waals surface area contributed by atoms with Crippen LogP contribution in [-0.2, 0) is 6.54 Å². The standard InChI is InChI=1S/C16H24N2O3/c1-12(2)21-14-5-3-13(4-6-14)9-17-15(20)18-10-16(11-19)7-8-16/h3-6,12,19H,7-11H2,1-2H3,(H2,17,18,20). The zero-order valence-electron chi connectivity index (χ0n) is 12.7. The number of nitrogens with one attached hydrogen (secondary N) is 2. The van der Waals surface area contributed by atoms with Gasteiger partial charge in [-0.05, 0) is 44.4 Å². The van der Waals surface area contributed by atoms with Crippen LogP contribution in [0.15, 0.2) is 24.3 Å². The van der Waals surface area contributed by atoms with Gasteiger partial charge >= 0.3 is 6.03 Å². The fourth-order valence-electron chi connectivity index (χ4n) is 2.04. The Labute approximate surface area is 125 Å². The molecule has 1 aliphatic carbocycles. The van der Waals surface area contributed by atoms with Gasteiger partial charge in [0.1, 0.15) is 5.75 Å². The summed E-state index contributed by atoms with van der Waals surface area (Å²) in [6.07, 6.45) is 2.13. The Morgan fingerprint density at radius 3 is 2.48 bits per heavy atom. The summed E-state index contributed by atoms with van der Waals surface area (Å²) in [4.78, 5) is 11.7. The average Bonchev–Trinajstić information content (AvgIpc) is 3.24. The Balaban J connectivity index is 1.71. The van der Waals surface area contributed by atoms with Crippen LogP contribution in [0.1, 0.15) is 32.3 Å². The molecule has 2 rings (SSSR count). The van der Waals surface area contributed by atoms with Gasteiger partial charge in [0, 0.05) is 18.5 Å². The van der Waals surface area contributed by atoms with Gasteiger partial charge in [-0.1, -0.05) is 12.1 Å². The minimum absolute atomic E-state index is 0.0623. The molecule has 5 nitrogen and oxygen atoms in total. The molecule has 0 heterocycles. The second-order valence-corrected chi connectivity index (χ2v) is 6.00. The third-order valence-electron chi connectivity index (χ3n) is 3.66. The maximum absolute atomic E-state index is 11.7. The number of hydrogen-bond acceptors (Lipinski definition) is 3. The number of benzene rings is 1. The first kappa shape index (κ1) is 15.6. The van der Waals surface area contributed by atoms with Crippen molar-refractivity contribution in [1.82, 2.24) is 10.6 Å². The minimum atomic E-state index is -0.197. The maximum Gasteiger partial charge on any atom is 0.315 e. The predicted molar refractivity (Wildman–Crippen MR) is 81.2 cm³/mol. The van der Waals surface area contributed by atoms with E-state index in [9.17, 15) is 9.90 Å². The molecule has 0 spiro atoms. The average molecular weight is 292 g/mol. The summed E-state index contributed by atoms with van der Waals surface area (Å²) in [5.41, 5.74) is 0.956. The van der Waals surface area contributed by atoms with E-state index < -0.39 is 0 Å². The summed E-state index contributed by atoms with van der Waals surface area (Å²) >= 11 is 0. The third kappa shape index (κ3) is 4.93. The highest BCUT2D eigenvalue weighted by Crippen LogP contribution is 2.44. The highest BCUT2D eigenvalue weighted by molar-refractivity contribution is 5.73. The van der Waals surface area contributed by atoms with Crippen molar-refractivity contribution in [2.45, 2.75) is 39.3 Å². The molecule has 0 atom stereocenters. The Morgan fingerprint density at radius 2 is 1.95 bits per heavy atom. The Kier molecular flexibility index (Phi) is 5.07. The van der Waals surface area contributed by atoms with Crippen LogP contribution in [0.25, 0.3) is 0 Å². The molecule has 0 saturated heterocycles. The zero-order valence-corrected chi connectivity index (χ0v) is 12.7. The van der Waals surface area contributed by atoms with E-state index in [0.29, 0.717) is 13.1 Å². The number of ether oxygens (including phenoxy) is 1. The van der Waals surface area contributed by atoms with E-state index >= 15 is 0 Å². The highest BCUT2D eigenvalue weighted by atomic mass is 16.5. The van der Waals surface area contributed by atoms with Crippen LogP contribution in [0, 0.1) is 5.41 Å². The monoisotopic (exact) mass is 292 g/mol. The van der Waals surface area contributed by atoms with E-state index in [1.807, 2.05) is 38.1 Å². The molecule has 3 N–H and O–H groups in total. The smallest absolute Gasteiger partial charge is 0.315 e. The molecule has 2 amide bonds. The van der Waals surface area contributed by atoms with E-state index in [-0.39, 0.29) is 24.2 Å². The second kappa shape index (κ2) is 6.80. The number of rotatable bonds is 7. The summed E-state index contributed by atoms with van der Waals surface area (Å²) in [6, 6.07) is 7.49. The van der Waals surface area contributed by atoms with Gasteiger partial charge in [-0.2, -0.15) is 0 Å². The topological polar surface area (TPSA) is 70.6 Å². The Morgan fingerprint density at radius 1 is 1.29 bits per heavy atom. The molecule has 0 aliphatic heterocycles. The van der Waals surface area contributed by atoms with Crippen molar-refractivity contribution in [3.63, 3.8) is 0 Å². The largest absolute Gasteiger partial charge is 0.491 e. The van der Waals surface area contributed by atoms with Crippen molar-refractivity contribution in [3.8, 4) is 5.75 Å². The van der Waals surface area contributed by atoms with Gasteiger partial charge in [0.15, 0.2) is 0 Å². The molecule has 0 radical (unpaired) electrons. The van der Waals surface area contributed by atoms with Crippen LogP contribution in [0.5, 0.6) is 5.75 Å². The zero-order chi connectivity index (χ0) is 15.3. The van der Waals surface area contributed by atoms with Gasteiger partial charge < -0.3 is 20.5 Å². The van der Waals surface area contributed by atoms with Crippen molar-refractivity contribution in [2.75, 3.05) is 13.2 Å². The first-order chi connectivity index (χ1) is 10.0. The molecule has 1 fully saturated rings. The fraction of sp³-hybridized carbons (Fsp3) is 0.562. The van der Waals surface area contributed by atoms with Gasteiger partial charge in [-0.3, -0.25) is 0 Å². The molecule has 5 heteroatoms. The van der Waals surface area contributed by atoms with Gasteiger partial charge in [-0.25, -0.2) is 4.79 Å². The summed E-state index contributed by atoms with van der Waals surface area (Å²) in [5.74, 6) is 0.830. The van der Waals surface area contributed by atoms with Gasteiger partial charge in [-0.15, -0.1) is 0 Å². The first-order valence-corrected chi connectivity index (χ1v) is 7.41. The lowest BCUT2D eigenvalue weighted by atomic mass is 10.1. The number of carbonyl (C=O) groups excluding carboxylic acids is 1. The lowest BCUT2D eigenvalue weighted by Crippen LogP contribution is -2.39. The number of urea groups is 1. The van der Waals surface area contributed by atoms with Crippen LogP contribution in [0.3, 0.4) is 0 Å². The number of amides is 2. The Hall–Kier alpha value is -1.75. The van der Waals surface area contributed by atoms with E-state index in [1.165, 1.54) is 0 Å². The minimum Gasteiger partial charge on any atom is -0.491 e. The lowest BCUT2D eigenvalue weighted by Gasteiger charge is -2.14. The van der Waals surface area contributed by atoms with Gasteiger partial charge in [0.2, 0.25) is 0 Å². The fourth-order valence-corrected chi connectivity index (χ4v) is 2.04. The van der Waals surface area contributed by atoms with Gasteiger partial charge in [0.05, 0.1) is 12.7 Å². The SMILES string of the molecule is CC(C)Oc1ccc(CNC(=O)NCC2(CO)CC2)cc1. The lowest BCUT2D eigenvalue weighted by molar-refractivity contribution is 0.203.